The standard InChI is InChI=1S/C20H35N7O.HI/c1-14(2)19-24-17-11-10-16(13-27(17)25-19)23-20(21-12-18(28)26(3)4)22-15-8-6-5-7-9-15;/h14-16H,5-13H2,1-4H3,(H2,21,22,23);1H. The van der Waals surface area contributed by atoms with Crippen LogP contribution in [-0.4, -0.2) is 64.3 Å². The van der Waals surface area contributed by atoms with E-state index in [2.05, 4.69) is 39.6 Å². The van der Waals surface area contributed by atoms with Crippen molar-refractivity contribution in [3.8, 4) is 0 Å². The van der Waals surface area contributed by atoms with E-state index in [-0.39, 0.29) is 42.5 Å². The van der Waals surface area contributed by atoms with Crippen molar-refractivity contribution >= 4 is 35.8 Å². The zero-order valence-electron chi connectivity index (χ0n) is 18.1. The third-order valence-electron chi connectivity index (χ3n) is 5.55. The van der Waals surface area contributed by atoms with Crippen molar-refractivity contribution in [1.29, 1.82) is 0 Å². The molecule has 2 heterocycles. The van der Waals surface area contributed by atoms with Gasteiger partial charge in [-0.1, -0.05) is 33.1 Å². The fraction of sp³-hybridized carbons (Fsp3) is 0.800. The lowest BCUT2D eigenvalue weighted by molar-refractivity contribution is -0.127. The van der Waals surface area contributed by atoms with Crippen molar-refractivity contribution in [2.24, 2.45) is 4.99 Å². The minimum Gasteiger partial charge on any atom is -0.354 e. The van der Waals surface area contributed by atoms with Gasteiger partial charge >= 0.3 is 0 Å². The summed E-state index contributed by atoms with van der Waals surface area (Å²) in [4.78, 5) is 22.8. The molecule has 1 aromatic rings. The lowest BCUT2D eigenvalue weighted by Gasteiger charge is -2.29. The van der Waals surface area contributed by atoms with Crippen molar-refractivity contribution in [3.63, 3.8) is 0 Å². The van der Waals surface area contributed by atoms with E-state index in [9.17, 15) is 4.79 Å². The Hall–Kier alpha value is -1.39. The summed E-state index contributed by atoms with van der Waals surface area (Å²) < 4.78 is 2.03. The van der Waals surface area contributed by atoms with E-state index >= 15 is 0 Å². The van der Waals surface area contributed by atoms with Crippen molar-refractivity contribution in [2.45, 2.75) is 83.3 Å². The first kappa shape index (κ1) is 23.9. The summed E-state index contributed by atoms with van der Waals surface area (Å²) >= 11 is 0. The fourth-order valence-corrected chi connectivity index (χ4v) is 3.75. The average molecular weight is 517 g/mol. The maximum Gasteiger partial charge on any atom is 0.243 e. The number of aryl methyl sites for hydroxylation is 1. The minimum atomic E-state index is 0. The predicted octanol–water partition coefficient (Wildman–Crippen LogP) is 2.29. The highest BCUT2D eigenvalue weighted by Crippen LogP contribution is 2.19. The maximum atomic E-state index is 12.0. The van der Waals surface area contributed by atoms with E-state index < -0.39 is 0 Å². The summed E-state index contributed by atoms with van der Waals surface area (Å²) in [6.45, 7) is 5.19. The molecule has 3 rings (SSSR count). The van der Waals surface area contributed by atoms with Gasteiger partial charge in [-0.15, -0.1) is 24.0 Å². The number of carbonyl (C=O) groups is 1. The van der Waals surface area contributed by atoms with Gasteiger partial charge in [-0.05, 0) is 19.3 Å². The molecule has 1 fully saturated rings. The number of nitrogens with one attached hydrogen (secondary N) is 2. The minimum absolute atomic E-state index is 0. The normalized spacial score (nSPS) is 20.0. The van der Waals surface area contributed by atoms with Crippen molar-refractivity contribution < 1.29 is 4.79 Å². The van der Waals surface area contributed by atoms with Crippen LogP contribution >= 0.6 is 24.0 Å². The first-order valence-corrected chi connectivity index (χ1v) is 10.6. The smallest absolute Gasteiger partial charge is 0.243 e. The zero-order chi connectivity index (χ0) is 20.1. The molecular weight excluding hydrogens is 481 g/mol. The molecule has 0 bridgehead atoms. The fourth-order valence-electron chi connectivity index (χ4n) is 3.75. The summed E-state index contributed by atoms with van der Waals surface area (Å²) in [6.07, 6.45) is 8.05. The molecule has 1 amide bonds. The number of halogens is 1. The summed E-state index contributed by atoms with van der Waals surface area (Å²) in [7, 11) is 3.53. The third kappa shape index (κ3) is 6.82. The molecule has 1 aliphatic heterocycles. The van der Waals surface area contributed by atoms with E-state index in [1.165, 1.54) is 19.3 Å². The van der Waals surface area contributed by atoms with E-state index in [0.717, 1.165) is 49.8 Å². The van der Waals surface area contributed by atoms with Crippen LogP contribution in [0.3, 0.4) is 0 Å². The van der Waals surface area contributed by atoms with Gasteiger partial charge in [0.05, 0.1) is 6.54 Å². The van der Waals surface area contributed by atoms with Crippen molar-refractivity contribution in [2.75, 3.05) is 20.6 Å². The van der Waals surface area contributed by atoms with E-state index in [1.807, 2.05) is 4.68 Å². The molecule has 8 nitrogen and oxygen atoms in total. The van der Waals surface area contributed by atoms with Crippen LogP contribution in [0.1, 0.15) is 69.9 Å². The van der Waals surface area contributed by atoms with E-state index in [1.54, 1.807) is 19.0 Å². The molecule has 0 saturated heterocycles. The first-order valence-electron chi connectivity index (χ1n) is 10.6. The first-order chi connectivity index (χ1) is 13.4. The van der Waals surface area contributed by atoms with E-state index in [0.29, 0.717) is 12.0 Å². The van der Waals surface area contributed by atoms with Gasteiger partial charge in [0.1, 0.15) is 12.4 Å². The monoisotopic (exact) mass is 517 g/mol. The van der Waals surface area contributed by atoms with Crippen LogP contribution in [0.25, 0.3) is 0 Å². The SMILES string of the molecule is CC(C)c1nc2n(n1)CC(NC(=NCC(=O)N(C)C)NC1CCCCC1)CC2.I. The van der Waals surface area contributed by atoms with Crippen molar-refractivity contribution in [1.82, 2.24) is 30.3 Å². The van der Waals surface area contributed by atoms with Crippen LogP contribution in [0.15, 0.2) is 4.99 Å². The Morgan fingerprint density at radius 2 is 1.86 bits per heavy atom. The van der Waals surface area contributed by atoms with Gasteiger partial charge in [0.25, 0.3) is 0 Å². The molecule has 9 heteroatoms. The second-order valence-electron chi connectivity index (χ2n) is 8.54. The maximum absolute atomic E-state index is 12.0. The number of guanidine groups is 1. The molecule has 1 atom stereocenters. The second kappa shape index (κ2) is 11.1. The van der Waals surface area contributed by atoms with Crippen molar-refractivity contribution in [3.05, 3.63) is 11.6 Å². The molecular formula is C20H36IN7O. The van der Waals surface area contributed by atoms with E-state index in [4.69, 9.17) is 0 Å². The Bertz CT molecular complexity index is 695. The van der Waals surface area contributed by atoms with Gasteiger partial charge < -0.3 is 15.5 Å². The number of amides is 1. The van der Waals surface area contributed by atoms with Crippen LogP contribution in [-0.2, 0) is 17.8 Å². The molecule has 1 aliphatic carbocycles. The number of aromatic nitrogens is 3. The number of rotatable bonds is 5. The lowest BCUT2D eigenvalue weighted by Crippen LogP contribution is -2.50. The Morgan fingerprint density at radius 3 is 2.52 bits per heavy atom. The van der Waals surface area contributed by atoms with Crippen LogP contribution < -0.4 is 10.6 Å². The van der Waals surface area contributed by atoms with Gasteiger partial charge in [0.15, 0.2) is 11.8 Å². The quantitative estimate of drug-likeness (QED) is 0.356. The molecule has 0 aromatic carbocycles. The topological polar surface area (TPSA) is 87.4 Å². The van der Waals surface area contributed by atoms with Gasteiger partial charge in [-0.25, -0.2) is 14.7 Å². The average Bonchev–Trinajstić information content (AvgIpc) is 3.10. The van der Waals surface area contributed by atoms with Gasteiger partial charge in [-0.2, -0.15) is 5.10 Å². The highest BCUT2D eigenvalue weighted by atomic mass is 127. The molecule has 1 aromatic heterocycles. The summed E-state index contributed by atoms with van der Waals surface area (Å²) in [6, 6.07) is 0.672. The van der Waals surface area contributed by atoms with Gasteiger partial charge in [-0.3, -0.25) is 4.79 Å². The Kier molecular flexibility index (Phi) is 9.16. The number of hydrogen-bond acceptors (Lipinski definition) is 4. The number of aliphatic imine (C=N–C) groups is 1. The van der Waals surface area contributed by atoms with Crippen LogP contribution in [0.2, 0.25) is 0 Å². The molecule has 1 unspecified atom stereocenters. The second-order valence-corrected chi connectivity index (χ2v) is 8.54. The Morgan fingerprint density at radius 1 is 1.17 bits per heavy atom. The number of likely N-dealkylation sites (N-methyl/N-ethyl adjacent to an activating group) is 1. The lowest BCUT2D eigenvalue weighted by atomic mass is 9.96. The Balaban J connectivity index is 0.00000300. The molecule has 2 N–H and O–H groups in total. The molecule has 164 valence electrons. The molecule has 0 radical (unpaired) electrons. The number of hydrogen-bond donors (Lipinski definition) is 2. The molecule has 29 heavy (non-hydrogen) atoms. The molecule has 2 aliphatic rings. The number of fused-ring (bicyclic) bond motifs is 1. The summed E-state index contributed by atoms with van der Waals surface area (Å²) in [5.41, 5.74) is 0. The zero-order valence-corrected chi connectivity index (χ0v) is 20.5. The summed E-state index contributed by atoms with van der Waals surface area (Å²) in [5, 5.41) is 11.8. The van der Waals surface area contributed by atoms with Crippen LogP contribution in [0.4, 0.5) is 0 Å². The number of carbonyl (C=O) groups excluding carboxylic acids is 1. The largest absolute Gasteiger partial charge is 0.354 e. The highest BCUT2D eigenvalue weighted by molar-refractivity contribution is 14.0. The van der Waals surface area contributed by atoms with Crippen LogP contribution in [0.5, 0.6) is 0 Å². The van der Waals surface area contributed by atoms with Crippen LogP contribution in [0, 0.1) is 0 Å². The highest BCUT2D eigenvalue weighted by Gasteiger charge is 2.24. The molecule has 1 saturated carbocycles. The third-order valence-corrected chi connectivity index (χ3v) is 5.55. The van der Waals surface area contributed by atoms with Gasteiger partial charge in [0, 0.05) is 38.5 Å². The summed E-state index contributed by atoms with van der Waals surface area (Å²) in [5.74, 6) is 3.09. The predicted molar refractivity (Wildman–Crippen MR) is 126 cm³/mol. The Labute approximate surface area is 191 Å². The molecule has 0 spiro atoms. The van der Waals surface area contributed by atoms with Gasteiger partial charge in [0.2, 0.25) is 5.91 Å². The number of nitrogens with zero attached hydrogens (tertiary/aromatic N) is 5.